The van der Waals surface area contributed by atoms with Crippen LogP contribution in [0.5, 0.6) is 0 Å². The van der Waals surface area contributed by atoms with Crippen LogP contribution in [0.4, 0.5) is 0 Å². The van der Waals surface area contributed by atoms with Crippen molar-refractivity contribution in [2.75, 3.05) is 14.1 Å². The molecule has 0 unspecified atom stereocenters. The lowest BCUT2D eigenvalue weighted by molar-refractivity contribution is 0.402. The molecule has 0 amide bonds. The lowest BCUT2D eigenvalue weighted by atomic mass is 10.1. The number of aromatic nitrogens is 1. The molecule has 23 heavy (non-hydrogen) atoms. The Morgan fingerprint density at radius 2 is 1.78 bits per heavy atom. The van der Waals surface area contributed by atoms with Gasteiger partial charge in [0.15, 0.2) is 0 Å². The highest BCUT2D eigenvalue weighted by molar-refractivity contribution is 7.92. The van der Waals surface area contributed by atoms with Gasteiger partial charge in [-0.1, -0.05) is 18.2 Å². The van der Waals surface area contributed by atoms with Crippen LogP contribution >= 0.6 is 11.3 Å². The first kappa shape index (κ1) is 16.0. The van der Waals surface area contributed by atoms with Gasteiger partial charge in [-0.25, -0.2) is 3.97 Å². The van der Waals surface area contributed by atoms with E-state index in [1.807, 2.05) is 32.3 Å². The molecule has 0 aliphatic heterocycles. The molecule has 3 aromatic rings. The van der Waals surface area contributed by atoms with Crippen LogP contribution in [0, 0.1) is 0 Å². The van der Waals surface area contributed by atoms with E-state index < -0.39 is 10.0 Å². The van der Waals surface area contributed by atoms with Gasteiger partial charge in [-0.3, -0.25) is 0 Å². The Balaban J connectivity index is 1.94. The van der Waals surface area contributed by atoms with Gasteiger partial charge < -0.3 is 4.90 Å². The highest BCUT2D eigenvalue weighted by atomic mass is 32.2. The summed E-state index contributed by atoms with van der Waals surface area (Å²) >= 11 is 1.30. The van der Waals surface area contributed by atoms with Crippen molar-refractivity contribution in [1.82, 2.24) is 8.87 Å². The molecule has 1 aromatic carbocycles. The van der Waals surface area contributed by atoms with E-state index in [0.717, 1.165) is 17.0 Å². The van der Waals surface area contributed by atoms with Gasteiger partial charge in [-0.05, 0) is 55.6 Å². The van der Waals surface area contributed by atoms with Gasteiger partial charge in [0.25, 0.3) is 10.0 Å². The number of hydrogen-bond donors (Lipinski definition) is 0. The number of thiophene rings is 1. The zero-order valence-corrected chi connectivity index (χ0v) is 14.6. The quantitative estimate of drug-likeness (QED) is 0.710. The van der Waals surface area contributed by atoms with E-state index in [4.69, 9.17) is 0 Å². The Labute approximate surface area is 140 Å². The van der Waals surface area contributed by atoms with Crippen LogP contribution in [0.25, 0.3) is 10.4 Å². The van der Waals surface area contributed by atoms with Crippen LogP contribution in [-0.4, -0.2) is 31.4 Å². The maximum absolute atomic E-state index is 12.5. The summed E-state index contributed by atoms with van der Waals surface area (Å²) in [7, 11) is 0.570. The van der Waals surface area contributed by atoms with E-state index >= 15 is 0 Å². The van der Waals surface area contributed by atoms with Gasteiger partial charge in [0.2, 0.25) is 0 Å². The van der Waals surface area contributed by atoms with Gasteiger partial charge >= 0.3 is 0 Å². The fourth-order valence-electron chi connectivity index (χ4n) is 2.38. The molecule has 0 saturated heterocycles. The van der Waals surface area contributed by atoms with Gasteiger partial charge in [0.05, 0.1) is 0 Å². The molecular formula is C17H18N2O2S2. The predicted octanol–water partition coefficient (Wildman–Crippen LogP) is 3.52. The average Bonchev–Trinajstić information content (AvgIpc) is 3.19. The van der Waals surface area contributed by atoms with Crippen molar-refractivity contribution in [3.63, 3.8) is 0 Å². The first-order valence-corrected chi connectivity index (χ1v) is 9.45. The lowest BCUT2D eigenvalue weighted by Gasteiger charge is -2.10. The zero-order valence-electron chi connectivity index (χ0n) is 13.0. The summed E-state index contributed by atoms with van der Waals surface area (Å²) in [4.78, 5) is 3.06. The van der Waals surface area contributed by atoms with Crippen LogP contribution in [0.2, 0.25) is 0 Å². The van der Waals surface area contributed by atoms with Crippen molar-refractivity contribution >= 4 is 21.4 Å². The molecule has 3 rings (SSSR count). The second-order valence-corrected chi connectivity index (χ2v) is 8.73. The molecule has 0 aliphatic rings. The molecule has 0 radical (unpaired) electrons. The topological polar surface area (TPSA) is 42.3 Å². The van der Waals surface area contributed by atoms with Crippen LogP contribution in [0.15, 0.2) is 65.1 Å². The SMILES string of the molecule is CN(C)Cc1cccc(-c2ccc(S(=O)(=O)n3cccc3)s2)c1. The Kier molecular flexibility index (Phi) is 4.39. The van der Waals surface area contributed by atoms with Crippen LogP contribution in [0.1, 0.15) is 5.56 Å². The summed E-state index contributed by atoms with van der Waals surface area (Å²) in [6.07, 6.45) is 3.10. The Morgan fingerprint density at radius 1 is 1.04 bits per heavy atom. The van der Waals surface area contributed by atoms with Gasteiger partial charge in [-0.15, -0.1) is 11.3 Å². The number of rotatable bonds is 5. The summed E-state index contributed by atoms with van der Waals surface area (Å²) in [6.45, 7) is 0.855. The summed E-state index contributed by atoms with van der Waals surface area (Å²) in [5.74, 6) is 0. The minimum absolute atomic E-state index is 0.349. The maximum Gasteiger partial charge on any atom is 0.277 e. The highest BCUT2D eigenvalue weighted by Gasteiger charge is 2.18. The highest BCUT2D eigenvalue weighted by Crippen LogP contribution is 2.32. The largest absolute Gasteiger partial charge is 0.305 e. The van der Waals surface area contributed by atoms with E-state index in [1.54, 1.807) is 30.6 Å². The third kappa shape index (κ3) is 3.39. The van der Waals surface area contributed by atoms with Crippen molar-refractivity contribution in [2.24, 2.45) is 0 Å². The standard InChI is InChI=1S/C17H18N2O2S2/c1-18(2)13-14-6-5-7-15(12-14)16-8-9-17(22-16)23(20,21)19-10-3-4-11-19/h3-12H,13H2,1-2H3. The molecular weight excluding hydrogens is 328 g/mol. The minimum atomic E-state index is -3.48. The molecule has 0 bridgehead atoms. The summed E-state index contributed by atoms with van der Waals surface area (Å²) in [5.41, 5.74) is 2.25. The van der Waals surface area contributed by atoms with E-state index in [1.165, 1.54) is 20.9 Å². The number of nitrogens with zero attached hydrogens (tertiary/aromatic N) is 2. The van der Waals surface area contributed by atoms with E-state index in [0.29, 0.717) is 4.21 Å². The van der Waals surface area contributed by atoms with Gasteiger partial charge in [0, 0.05) is 23.8 Å². The van der Waals surface area contributed by atoms with Gasteiger partial charge in [-0.2, -0.15) is 8.42 Å². The molecule has 0 saturated carbocycles. The lowest BCUT2D eigenvalue weighted by Crippen LogP contribution is -2.10. The molecule has 0 atom stereocenters. The second kappa shape index (κ2) is 6.31. The third-order valence-electron chi connectivity index (χ3n) is 3.40. The van der Waals surface area contributed by atoms with Gasteiger partial charge in [0.1, 0.15) is 4.21 Å². The van der Waals surface area contributed by atoms with Crippen molar-refractivity contribution in [1.29, 1.82) is 0 Å². The molecule has 120 valence electrons. The van der Waals surface area contributed by atoms with E-state index in [2.05, 4.69) is 17.0 Å². The predicted molar refractivity (Wildman–Crippen MR) is 94.2 cm³/mol. The fraction of sp³-hybridized carbons (Fsp3) is 0.176. The molecule has 4 nitrogen and oxygen atoms in total. The van der Waals surface area contributed by atoms with E-state index in [-0.39, 0.29) is 0 Å². The van der Waals surface area contributed by atoms with Crippen molar-refractivity contribution < 1.29 is 8.42 Å². The average molecular weight is 346 g/mol. The molecule has 6 heteroatoms. The first-order valence-electron chi connectivity index (χ1n) is 7.19. The van der Waals surface area contributed by atoms with Crippen molar-refractivity contribution in [2.45, 2.75) is 10.8 Å². The smallest absolute Gasteiger partial charge is 0.277 e. The normalized spacial score (nSPS) is 12.0. The van der Waals surface area contributed by atoms with Crippen LogP contribution < -0.4 is 0 Å². The molecule has 2 aromatic heterocycles. The third-order valence-corrected chi connectivity index (χ3v) is 6.65. The summed E-state index contributed by atoms with van der Waals surface area (Å²) in [6, 6.07) is 15.2. The first-order chi connectivity index (χ1) is 11.0. The van der Waals surface area contributed by atoms with Crippen LogP contribution in [0.3, 0.4) is 0 Å². The second-order valence-electron chi connectivity index (χ2n) is 5.57. The zero-order chi connectivity index (χ0) is 16.4. The Morgan fingerprint density at radius 3 is 2.48 bits per heavy atom. The molecule has 0 fully saturated rings. The fourth-order valence-corrected chi connectivity index (χ4v) is 4.98. The molecule has 2 heterocycles. The summed E-state index contributed by atoms with van der Waals surface area (Å²) in [5, 5.41) is 0. The summed E-state index contributed by atoms with van der Waals surface area (Å²) < 4.78 is 26.6. The minimum Gasteiger partial charge on any atom is -0.305 e. The number of hydrogen-bond acceptors (Lipinski definition) is 4. The van der Waals surface area contributed by atoms with Crippen molar-refractivity contribution in [3.8, 4) is 10.4 Å². The van der Waals surface area contributed by atoms with E-state index in [9.17, 15) is 8.42 Å². The Hall–Kier alpha value is -1.89. The maximum atomic E-state index is 12.5. The van der Waals surface area contributed by atoms with Crippen LogP contribution in [-0.2, 0) is 16.6 Å². The monoisotopic (exact) mass is 346 g/mol. The molecule has 0 spiro atoms. The molecule has 0 aliphatic carbocycles. The van der Waals surface area contributed by atoms with Crippen molar-refractivity contribution in [3.05, 3.63) is 66.5 Å². The number of benzene rings is 1. The molecule has 0 N–H and O–H groups in total. The Bertz CT molecular complexity index is 894.